The zero-order valence-corrected chi connectivity index (χ0v) is 14.1. The lowest BCUT2D eigenvalue weighted by atomic mass is 10.2. The molecule has 1 saturated heterocycles. The van der Waals surface area contributed by atoms with Gasteiger partial charge in [0.1, 0.15) is 0 Å². The predicted octanol–water partition coefficient (Wildman–Crippen LogP) is 3.19. The summed E-state index contributed by atoms with van der Waals surface area (Å²) in [5, 5.41) is 2.79. The largest absolute Gasteiger partial charge is 0.454 e. The van der Waals surface area contributed by atoms with Gasteiger partial charge in [-0.1, -0.05) is 12.1 Å². The number of rotatable bonds is 4. The first kappa shape index (κ1) is 16.2. The molecule has 0 unspecified atom stereocenters. The molecule has 0 atom stereocenters. The molecule has 4 rings (SSSR count). The minimum atomic E-state index is -0.234. The molecule has 0 bridgehead atoms. The molecule has 0 radical (unpaired) electrons. The lowest BCUT2D eigenvalue weighted by Crippen LogP contribution is -2.23. The fourth-order valence-corrected chi connectivity index (χ4v) is 3.02. The summed E-state index contributed by atoms with van der Waals surface area (Å²) in [7, 11) is 0. The molecule has 6 nitrogen and oxygen atoms in total. The molecule has 2 amide bonds. The normalized spacial score (nSPS) is 15.7. The predicted molar refractivity (Wildman–Crippen MR) is 98.3 cm³/mol. The highest BCUT2D eigenvalue weighted by molar-refractivity contribution is 6.02. The van der Waals surface area contributed by atoms with E-state index in [1.54, 1.807) is 29.2 Å². The fourth-order valence-electron chi connectivity index (χ4n) is 3.02. The number of carbonyl (C=O) groups is 2. The quantitative estimate of drug-likeness (QED) is 0.860. The van der Waals surface area contributed by atoms with Crippen molar-refractivity contribution in [2.45, 2.75) is 12.8 Å². The van der Waals surface area contributed by atoms with Crippen LogP contribution in [0, 0.1) is 0 Å². The van der Waals surface area contributed by atoms with Gasteiger partial charge in [-0.3, -0.25) is 9.59 Å². The number of anilines is 2. The van der Waals surface area contributed by atoms with Gasteiger partial charge in [-0.05, 0) is 42.3 Å². The van der Waals surface area contributed by atoms with Gasteiger partial charge in [0.05, 0.1) is 0 Å². The summed E-state index contributed by atoms with van der Waals surface area (Å²) < 4.78 is 10.5. The Hall–Kier alpha value is -3.28. The van der Waals surface area contributed by atoms with Gasteiger partial charge in [0.15, 0.2) is 11.5 Å². The van der Waals surface area contributed by atoms with Gasteiger partial charge in [-0.15, -0.1) is 0 Å². The van der Waals surface area contributed by atoms with Crippen molar-refractivity contribution in [3.63, 3.8) is 0 Å². The third-order valence-corrected chi connectivity index (χ3v) is 4.35. The summed E-state index contributed by atoms with van der Waals surface area (Å²) in [6.45, 7) is 0.970. The summed E-state index contributed by atoms with van der Waals surface area (Å²) in [5.74, 6) is 1.23. The molecule has 0 saturated carbocycles. The summed E-state index contributed by atoms with van der Waals surface area (Å²) in [6, 6.07) is 12.9. The number of ether oxygens (including phenoxy) is 2. The maximum absolute atomic E-state index is 12.1. The molecule has 2 aromatic rings. The highest BCUT2D eigenvalue weighted by atomic mass is 16.7. The molecule has 132 valence electrons. The average molecular weight is 350 g/mol. The van der Waals surface area contributed by atoms with Crippen LogP contribution in [-0.4, -0.2) is 25.2 Å². The number of hydrogen-bond acceptors (Lipinski definition) is 4. The van der Waals surface area contributed by atoms with Crippen LogP contribution in [0.25, 0.3) is 6.08 Å². The second-order valence-corrected chi connectivity index (χ2v) is 6.13. The Morgan fingerprint density at radius 3 is 2.65 bits per heavy atom. The monoisotopic (exact) mass is 350 g/mol. The molecule has 2 aromatic carbocycles. The fraction of sp³-hybridized carbons (Fsp3) is 0.200. The SMILES string of the molecule is O=C(C=Cc1ccc(N2CCCC2=O)cc1)Nc1ccc2c(c1)OCO2. The van der Waals surface area contributed by atoms with E-state index in [2.05, 4.69) is 5.32 Å². The highest BCUT2D eigenvalue weighted by Crippen LogP contribution is 2.34. The maximum atomic E-state index is 12.1. The smallest absolute Gasteiger partial charge is 0.248 e. The van der Waals surface area contributed by atoms with Crippen LogP contribution in [-0.2, 0) is 9.59 Å². The number of amides is 2. The van der Waals surface area contributed by atoms with E-state index in [-0.39, 0.29) is 18.6 Å². The summed E-state index contributed by atoms with van der Waals surface area (Å²) >= 11 is 0. The zero-order chi connectivity index (χ0) is 17.9. The molecule has 2 aliphatic rings. The van der Waals surface area contributed by atoms with Crippen LogP contribution in [0.5, 0.6) is 11.5 Å². The topological polar surface area (TPSA) is 67.9 Å². The average Bonchev–Trinajstić information content (AvgIpc) is 3.29. The molecule has 1 fully saturated rings. The van der Waals surface area contributed by atoms with Crippen molar-refractivity contribution in [3.8, 4) is 11.5 Å². The Balaban J connectivity index is 1.38. The van der Waals surface area contributed by atoms with Crippen molar-refractivity contribution in [1.82, 2.24) is 0 Å². The van der Waals surface area contributed by atoms with E-state index < -0.39 is 0 Å². The lowest BCUT2D eigenvalue weighted by Gasteiger charge is -2.15. The van der Waals surface area contributed by atoms with Gasteiger partial charge >= 0.3 is 0 Å². The van der Waals surface area contributed by atoms with Crippen molar-refractivity contribution in [2.75, 3.05) is 23.6 Å². The van der Waals surface area contributed by atoms with Gasteiger partial charge in [0, 0.05) is 36.5 Å². The first-order valence-electron chi connectivity index (χ1n) is 8.48. The van der Waals surface area contributed by atoms with Gasteiger partial charge in [-0.25, -0.2) is 0 Å². The van der Waals surface area contributed by atoms with Crippen molar-refractivity contribution >= 4 is 29.3 Å². The van der Waals surface area contributed by atoms with Crippen LogP contribution in [0.4, 0.5) is 11.4 Å². The van der Waals surface area contributed by atoms with Crippen LogP contribution in [0.15, 0.2) is 48.5 Å². The van der Waals surface area contributed by atoms with Gasteiger partial charge in [0.2, 0.25) is 18.6 Å². The van der Waals surface area contributed by atoms with Gasteiger partial charge < -0.3 is 19.7 Å². The van der Waals surface area contributed by atoms with E-state index in [9.17, 15) is 9.59 Å². The molecule has 2 heterocycles. The maximum Gasteiger partial charge on any atom is 0.248 e. The van der Waals surface area contributed by atoms with Gasteiger partial charge in [0.25, 0.3) is 0 Å². The lowest BCUT2D eigenvalue weighted by molar-refractivity contribution is -0.117. The molecule has 6 heteroatoms. The summed E-state index contributed by atoms with van der Waals surface area (Å²) in [6.07, 6.45) is 4.72. The minimum absolute atomic E-state index is 0.163. The van der Waals surface area contributed by atoms with E-state index in [1.807, 2.05) is 24.3 Å². The van der Waals surface area contributed by atoms with Crippen LogP contribution in [0.3, 0.4) is 0 Å². The molecule has 1 N–H and O–H groups in total. The van der Waals surface area contributed by atoms with Crippen LogP contribution >= 0.6 is 0 Å². The first-order chi connectivity index (χ1) is 12.7. The first-order valence-corrected chi connectivity index (χ1v) is 8.48. The van der Waals surface area contributed by atoms with Crippen LogP contribution in [0.2, 0.25) is 0 Å². The molecule has 2 aliphatic heterocycles. The highest BCUT2D eigenvalue weighted by Gasteiger charge is 2.21. The van der Waals surface area contributed by atoms with Crippen molar-refractivity contribution in [1.29, 1.82) is 0 Å². The van der Waals surface area contributed by atoms with E-state index >= 15 is 0 Å². The van der Waals surface area contributed by atoms with Gasteiger partial charge in [-0.2, -0.15) is 0 Å². The number of nitrogens with one attached hydrogen (secondary N) is 1. The Labute approximate surface area is 151 Å². The van der Waals surface area contributed by atoms with E-state index in [4.69, 9.17) is 9.47 Å². The third kappa shape index (κ3) is 3.39. The number of nitrogens with zero attached hydrogens (tertiary/aromatic N) is 1. The van der Waals surface area contributed by atoms with Crippen molar-refractivity contribution < 1.29 is 19.1 Å². The van der Waals surface area contributed by atoms with E-state index in [0.717, 1.165) is 24.2 Å². The molecular formula is C20H18N2O4. The Morgan fingerprint density at radius 2 is 1.88 bits per heavy atom. The number of benzene rings is 2. The van der Waals surface area contributed by atoms with E-state index in [1.165, 1.54) is 6.08 Å². The zero-order valence-electron chi connectivity index (χ0n) is 14.1. The molecule has 0 aromatic heterocycles. The molecule has 0 aliphatic carbocycles. The van der Waals surface area contributed by atoms with Crippen molar-refractivity contribution in [3.05, 3.63) is 54.1 Å². The van der Waals surface area contributed by atoms with E-state index in [0.29, 0.717) is 23.6 Å². The molecule has 0 spiro atoms. The third-order valence-electron chi connectivity index (χ3n) is 4.35. The molecular weight excluding hydrogens is 332 g/mol. The second kappa shape index (κ2) is 6.92. The number of fused-ring (bicyclic) bond motifs is 1. The summed E-state index contributed by atoms with van der Waals surface area (Å²) in [4.78, 5) is 25.6. The number of hydrogen-bond donors (Lipinski definition) is 1. The Bertz CT molecular complexity index is 874. The van der Waals surface area contributed by atoms with Crippen LogP contribution in [0.1, 0.15) is 18.4 Å². The Morgan fingerprint density at radius 1 is 1.08 bits per heavy atom. The van der Waals surface area contributed by atoms with Crippen molar-refractivity contribution in [2.24, 2.45) is 0 Å². The molecule has 26 heavy (non-hydrogen) atoms. The standard InChI is InChI=1S/C20H18N2O4/c23-19(21-15-6-9-17-18(12-15)26-13-25-17)10-5-14-3-7-16(8-4-14)22-11-1-2-20(22)24/h3-10,12H,1-2,11,13H2,(H,21,23). The van der Waals surface area contributed by atoms with Crippen LogP contribution < -0.4 is 19.7 Å². The summed E-state index contributed by atoms with van der Waals surface area (Å²) in [5.41, 5.74) is 2.43. The Kier molecular flexibility index (Phi) is 4.31. The minimum Gasteiger partial charge on any atom is -0.454 e. The second-order valence-electron chi connectivity index (χ2n) is 6.13. The number of carbonyl (C=O) groups excluding carboxylic acids is 2.